The molecule has 0 saturated carbocycles. The van der Waals surface area contributed by atoms with Gasteiger partial charge < -0.3 is 4.85 Å². The Bertz CT molecular complexity index is 275. The lowest BCUT2D eigenvalue weighted by Crippen LogP contribution is -1.82. The largest absolute Gasteiger partial charge is 0.312 e. The maximum absolute atomic E-state index is 6.73. The van der Waals surface area contributed by atoms with Gasteiger partial charge in [0.25, 0.3) is 0 Å². The number of hydrogen-bond acceptors (Lipinski definition) is 1. The molecule has 0 amide bonds. The summed E-state index contributed by atoms with van der Waals surface area (Å²) in [5.41, 5.74) is 1.13. The monoisotopic (exact) mass is 163 g/mol. The van der Waals surface area contributed by atoms with E-state index in [0.29, 0.717) is 6.54 Å². The van der Waals surface area contributed by atoms with Crippen LogP contribution in [-0.2, 0) is 6.54 Å². The van der Waals surface area contributed by atoms with Crippen molar-refractivity contribution in [2.24, 2.45) is 0 Å². The molecule has 0 spiro atoms. The van der Waals surface area contributed by atoms with E-state index in [9.17, 15) is 0 Å². The first kappa shape index (κ1) is 8.16. The second-order valence-electron chi connectivity index (χ2n) is 2.13. The van der Waals surface area contributed by atoms with E-state index in [-0.39, 0.29) is 0 Å². The SMILES string of the molecule is [C-]#[N+]Cc1ccccc1SC. The summed E-state index contributed by atoms with van der Waals surface area (Å²) in [6, 6.07) is 8.02. The van der Waals surface area contributed by atoms with E-state index in [1.54, 1.807) is 11.8 Å². The van der Waals surface area contributed by atoms with Crippen LogP contribution in [0.5, 0.6) is 0 Å². The fraction of sp³-hybridized carbons (Fsp3) is 0.222. The Balaban J connectivity index is 2.94. The minimum atomic E-state index is 0.497. The van der Waals surface area contributed by atoms with Gasteiger partial charge in [-0.3, -0.25) is 0 Å². The molecule has 0 bridgehead atoms. The molecule has 0 radical (unpaired) electrons. The maximum Gasteiger partial charge on any atom is 0.240 e. The van der Waals surface area contributed by atoms with Gasteiger partial charge in [0.2, 0.25) is 6.54 Å². The van der Waals surface area contributed by atoms with Crippen molar-refractivity contribution in [3.63, 3.8) is 0 Å². The van der Waals surface area contributed by atoms with E-state index in [1.807, 2.05) is 30.5 Å². The van der Waals surface area contributed by atoms with Crippen molar-refractivity contribution in [2.75, 3.05) is 6.26 Å². The normalized spacial score (nSPS) is 9.09. The fourth-order valence-corrected chi connectivity index (χ4v) is 1.53. The highest BCUT2D eigenvalue weighted by atomic mass is 32.2. The van der Waals surface area contributed by atoms with Gasteiger partial charge >= 0.3 is 0 Å². The van der Waals surface area contributed by atoms with Gasteiger partial charge in [-0.25, -0.2) is 6.57 Å². The quantitative estimate of drug-likeness (QED) is 0.479. The smallest absolute Gasteiger partial charge is 0.240 e. The zero-order chi connectivity index (χ0) is 8.10. The number of benzene rings is 1. The van der Waals surface area contributed by atoms with Crippen LogP contribution >= 0.6 is 11.8 Å². The van der Waals surface area contributed by atoms with Crippen LogP contribution < -0.4 is 0 Å². The minimum Gasteiger partial charge on any atom is -0.312 e. The van der Waals surface area contributed by atoms with Gasteiger partial charge in [-0.05, 0) is 12.3 Å². The zero-order valence-corrected chi connectivity index (χ0v) is 7.19. The van der Waals surface area contributed by atoms with E-state index in [1.165, 1.54) is 4.90 Å². The number of nitrogens with zero attached hydrogens (tertiary/aromatic N) is 1. The third-order valence-electron chi connectivity index (χ3n) is 1.44. The highest BCUT2D eigenvalue weighted by Gasteiger charge is 2.00. The molecular formula is C9H9NS. The number of rotatable bonds is 2. The van der Waals surface area contributed by atoms with Crippen molar-refractivity contribution < 1.29 is 0 Å². The third-order valence-corrected chi connectivity index (χ3v) is 2.28. The fourth-order valence-electron chi connectivity index (χ4n) is 0.919. The predicted molar refractivity (Wildman–Crippen MR) is 48.5 cm³/mol. The van der Waals surface area contributed by atoms with Gasteiger partial charge in [-0.2, -0.15) is 0 Å². The van der Waals surface area contributed by atoms with Crippen LogP contribution in [0.1, 0.15) is 5.56 Å². The summed E-state index contributed by atoms with van der Waals surface area (Å²) in [6.45, 7) is 7.22. The lowest BCUT2D eigenvalue weighted by Gasteiger charge is -1.98. The van der Waals surface area contributed by atoms with Crippen LogP contribution in [0.4, 0.5) is 0 Å². The number of thioether (sulfide) groups is 1. The van der Waals surface area contributed by atoms with E-state index >= 15 is 0 Å². The third kappa shape index (κ3) is 1.99. The Kier molecular flexibility index (Phi) is 3.00. The second kappa shape index (κ2) is 4.05. The molecule has 0 fully saturated rings. The van der Waals surface area contributed by atoms with Gasteiger partial charge in [-0.15, -0.1) is 11.8 Å². The van der Waals surface area contributed by atoms with Crippen LogP contribution in [0.3, 0.4) is 0 Å². The minimum absolute atomic E-state index is 0.497. The predicted octanol–water partition coefficient (Wildman–Crippen LogP) is 2.83. The summed E-state index contributed by atoms with van der Waals surface area (Å²) in [4.78, 5) is 4.56. The highest BCUT2D eigenvalue weighted by Crippen LogP contribution is 2.20. The molecule has 11 heavy (non-hydrogen) atoms. The van der Waals surface area contributed by atoms with Crippen molar-refractivity contribution >= 4 is 11.8 Å². The molecular weight excluding hydrogens is 154 g/mol. The van der Waals surface area contributed by atoms with Crippen molar-refractivity contribution in [1.29, 1.82) is 0 Å². The van der Waals surface area contributed by atoms with Crippen molar-refractivity contribution in [3.05, 3.63) is 41.2 Å². The maximum atomic E-state index is 6.73. The Morgan fingerprint density at radius 3 is 2.82 bits per heavy atom. The Labute approximate surface area is 71.3 Å². The van der Waals surface area contributed by atoms with Crippen LogP contribution in [0.15, 0.2) is 29.2 Å². The first-order chi connectivity index (χ1) is 5.38. The number of hydrogen-bond donors (Lipinski definition) is 0. The Morgan fingerprint density at radius 1 is 1.45 bits per heavy atom. The molecule has 0 N–H and O–H groups in total. The molecule has 1 aromatic carbocycles. The molecule has 0 heterocycles. The van der Waals surface area contributed by atoms with Crippen molar-refractivity contribution in [1.82, 2.24) is 0 Å². The molecule has 0 aliphatic rings. The second-order valence-corrected chi connectivity index (χ2v) is 2.98. The average molecular weight is 163 g/mol. The molecule has 1 rings (SSSR count). The van der Waals surface area contributed by atoms with E-state index < -0.39 is 0 Å². The van der Waals surface area contributed by atoms with E-state index in [2.05, 4.69) is 4.85 Å². The summed E-state index contributed by atoms with van der Waals surface area (Å²) in [6.07, 6.45) is 2.03. The van der Waals surface area contributed by atoms with Gasteiger partial charge in [-0.1, -0.05) is 18.2 Å². The summed E-state index contributed by atoms with van der Waals surface area (Å²) in [5.74, 6) is 0. The van der Waals surface area contributed by atoms with Crippen molar-refractivity contribution in [3.8, 4) is 0 Å². The molecule has 0 aromatic heterocycles. The lowest BCUT2D eigenvalue weighted by atomic mass is 10.2. The van der Waals surface area contributed by atoms with Crippen LogP contribution in [0, 0.1) is 6.57 Å². The van der Waals surface area contributed by atoms with Gasteiger partial charge in [0, 0.05) is 10.5 Å². The van der Waals surface area contributed by atoms with E-state index in [4.69, 9.17) is 6.57 Å². The molecule has 0 aliphatic carbocycles. The standard InChI is InChI=1S/C9H9NS/c1-10-7-8-5-3-4-6-9(8)11-2/h3-6H,7H2,2H3. The lowest BCUT2D eigenvalue weighted by molar-refractivity contribution is 1.18. The Hall–Kier alpha value is -0.940. The van der Waals surface area contributed by atoms with Crippen LogP contribution in [0.25, 0.3) is 4.85 Å². The van der Waals surface area contributed by atoms with Crippen LogP contribution in [0.2, 0.25) is 0 Å². The topological polar surface area (TPSA) is 4.36 Å². The summed E-state index contributed by atoms with van der Waals surface area (Å²) >= 11 is 1.69. The summed E-state index contributed by atoms with van der Waals surface area (Å²) < 4.78 is 0. The average Bonchev–Trinajstić information content (AvgIpc) is 2.06. The molecule has 56 valence electrons. The molecule has 0 unspecified atom stereocenters. The first-order valence-electron chi connectivity index (χ1n) is 3.33. The van der Waals surface area contributed by atoms with Gasteiger partial charge in [0.15, 0.2) is 0 Å². The Morgan fingerprint density at radius 2 is 2.18 bits per heavy atom. The van der Waals surface area contributed by atoms with Gasteiger partial charge in [0.1, 0.15) is 0 Å². The molecule has 2 heteroatoms. The zero-order valence-electron chi connectivity index (χ0n) is 6.37. The van der Waals surface area contributed by atoms with E-state index in [0.717, 1.165) is 5.56 Å². The first-order valence-corrected chi connectivity index (χ1v) is 4.56. The van der Waals surface area contributed by atoms with Crippen LogP contribution in [-0.4, -0.2) is 6.26 Å². The van der Waals surface area contributed by atoms with Gasteiger partial charge in [0.05, 0.1) is 0 Å². The summed E-state index contributed by atoms with van der Waals surface area (Å²) in [5, 5.41) is 0. The molecule has 0 aliphatic heterocycles. The molecule has 1 nitrogen and oxygen atoms in total. The molecule has 1 aromatic rings. The summed E-state index contributed by atoms with van der Waals surface area (Å²) in [7, 11) is 0. The molecule has 0 saturated heterocycles. The highest BCUT2D eigenvalue weighted by molar-refractivity contribution is 7.98. The van der Waals surface area contributed by atoms with Crippen molar-refractivity contribution in [2.45, 2.75) is 11.4 Å². The molecule has 0 atom stereocenters.